The zero-order valence-corrected chi connectivity index (χ0v) is 25.3. The van der Waals surface area contributed by atoms with Crippen LogP contribution in [-0.4, -0.2) is 70.4 Å². The molecule has 0 saturated heterocycles. The van der Waals surface area contributed by atoms with E-state index in [-0.39, 0.29) is 91.1 Å². The van der Waals surface area contributed by atoms with Crippen molar-refractivity contribution in [2.75, 3.05) is 48.0 Å². The van der Waals surface area contributed by atoms with E-state index in [1.165, 1.54) is 7.11 Å². The monoisotopic (exact) mass is 608 g/mol. The Bertz CT molecular complexity index is 582. The maximum atomic E-state index is 11.6. The number of quaternary nitrogens is 1. The summed E-state index contributed by atoms with van der Waals surface area (Å²) in [5.41, 5.74) is -0.963. The van der Waals surface area contributed by atoms with Crippen molar-refractivity contribution in [2.45, 2.75) is 133 Å². The van der Waals surface area contributed by atoms with Crippen molar-refractivity contribution >= 4 is 17.9 Å². The number of esters is 3. The topological polar surface area (TPSA) is 78.9 Å². The molecule has 0 atom stereocenters. The maximum absolute atomic E-state index is 11.6. The van der Waals surface area contributed by atoms with Crippen molar-refractivity contribution < 1.29 is 45.5 Å². The SMILES string of the molecule is C.C.C.C.C.C.CCC(C)(C)C(=O)OC.CCC(C)(C)C(=O)OCC[N+](C)(C)C.CCOC(=O)C(C)(C)CC.[Cl-]. The van der Waals surface area contributed by atoms with Gasteiger partial charge >= 0.3 is 17.9 Å². The van der Waals surface area contributed by atoms with E-state index in [0.29, 0.717) is 13.2 Å². The first-order valence-corrected chi connectivity index (χ1v) is 12.0. The Balaban J connectivity index is -0.0000000397. The van der Waals surface area contributed by atoms with E-state index in [0.717, 1.165) is 30.3 Å². The summed E-state index contributed by atoms with van der Waals surface area (Å²) in [5, 5.41) is 0. The van der Waals surface area contributed by atoms with Crippen LogP contribution in [0.4, 0.5) is 0 Å². The van der Waals surface area contributed by atoms with E-state index >= 15 is 0 Å². The minimum absolute atomic E-state index is 0. The Hall–Kier alpha value is -1.34. The Morgan fingerprint density at radius 1 is 0.575 bits per heavy atom. The molecule has 0 heterocycles. The zero-order chi connectivity index (χ0) is 27.1. The van der Waals surface area contributed by atoms with Gasteiger partial charge in [-0.2, -0.15) is 0 Å². The van der Waals surface area contributed by atoms with Gasteiger partial charge in [0.2, 0.25) is 0 Å². The largest absolute Gasteiger partial charge is 1.00 e. The average molecular weight is 608 g/mol. The third-order valence-electron chi connectivity index (χ3n) is 5.77. The summed E-state index contributed by atoms with van der Waals surface area (Å²) < 4.78 is 15.5. The second kappa shape index (κ2) is 30.6. The third kappa shape index (κ3) is 32.9. The molecule has 0 fully saturated rings. The van der Waals surface area contributed by atoms with Gasteiger partial charge in [0.25, 0.3) is 0 Å². The molecule has 0 aliphatic carbocycles. The zero-order valence-electron chi connectivity index (χ0n) is 24.5. The van der Waals surface area contributed by atoms with Crippen LogP contribution >= 0.6 is 0 Å². The second-order valence-electron chi connectivity index (χ2n) is 11.1. The summed E-state index contributed by atoms with van der Waals surface area (Å²) >= 11 is 0. The summed E-state index contributed by atoms with van der Waals surface area (Å²) in [6.07, 6.45) is 2.46. The van der Waals surface area contributed by atoms with E-state index in [4.69, 9.17) is 9.47 Å². The van der Waals surface area contributed by atoms with Crippen LogP contribution in [0.3, 0.4) is 0 Å². The molecule has 254 valence electrons. The summed E-state index contributed by atoms with van der Waals surface area (Å²) in [6, 6.07) is 0. The highest BCUT2D eigenvalue weighted by atomic mass is 35.5. The Kier molecular flexibility index (Phi) is 51.1. The van der Waals surface area contributed by atoms with Gasteiger partial charge in [0.15, 0.2) is 0 Å². The van der Waals surface area contributed by atoms with Gasteiger partial charge in [-0.1, -0.05) is 65.3 Å². The number of carbonyl (C=O) groups excluding carboxylic acids is 3. The molecule has 40 heavy (non-hydrogen) atoms. The van der Waals surface area contributed by atoms with Crippen molar-refractivity contribution in [3.05, 3.63) is 0 Å². The van der Waals surface area contributed by atoms with E-state index in [2.05, 4.69) is 25.9 Å². The Morgan fingerprint density at radius 2 is 0.850 bits per heavy atom. The molecule has 0 N–H and O–H groups in total. The fourth-order valence-corrected chi connectivity index (χ4v) is 1.64. The number of hydrogen-bond donors (Lipinski definition) is 0. The van der Waals surface area contributed by atoms with Crippen LogP contribution in [0.2, 0.25) is 0 Å². The van der Waals surface area contributed by atoms with Crippen molar-refractivity contribution in [3.8, 4) is 0 Å². The number of carbonyl (C=O) groups is 3. The van der Waals surface area contributed by atoms with Gasteiger partial charge in [0, 0.05) is 0 Å². The Morgan fingerprint density at radius 3 is 1.05 bits per heavy atom. The molecule has 0 aliphatic rings. The molecule has 0 bridgehead atoms. The lowest BCUT2D eigenvalue weighted by Crippen LogP contribution is -3.00. The van der Waals surface area contributed by atoms with Gasteiger partial charge < -0.3 is 31.1 Å². The van der Waals surface area contributed by atoms with Gasteiger partial charge in [0.1, 0.15) is 13.2 Å². The highest BCUT2D eigenvalue weighted by molar-refractivity contribution is 5.76. The normalized spacial score (nSPS) is 9.75. The quantitative estimate of drug-likeness (QED) is 0.170. The fourth-order valence-electron chi connectivity index (χ4n) is 1.64. The van der Waals surface area contributed by atoms with E-state index < -0.39 is 0 Å². The van der Waals surface area contributed by atoms with Crippen LogP contribution < -0.4 is 12.4 Å². The summed E-state index contributed by atoms with van der Waals surface area (Å²) in [4.78, 5) is 33.5. The summed E-state index contributed by atoms with van der Waals surface area (Å²) in [5.74, 6) is -0.323. The van der Waals surface area contributed by atoms with Gasteiger partial charge in [-0.15, -0.1) is 0 Å². The highest BCUT2D eigenvalue weighted by Crippen LogP contribution is 2.22. The van der Waals surface area contributed by atoms with Crippen LogP contribution in [0, 0.1) is 16.2 Å². The van der Waals surface area contributed by atoms with Crippen molar-refractivity contribution in [1.82, 2.24) is 0 Å². The van der Waals surface area contributed by atoms with E-state index in [9.17, 15) is 14.4 Å². The predicted molar refractivity (Wildman–Crippen MR) is 175 cm³/mol. The molecule has 0 aromatic rings. The van der Waals surface area contributed by atoms with Crippen LogP contribution in [-0.2, 0) is 28.6 Å². The van der Waals surface area contributed by atoms with E-state index in [1.807, 2.05) is 69.2 Å². The van der Waals surface area contributed by atoms with Crippen LogP contribution in [0.25, 0.3) is 0 Å². The lowest BCUT2D eigenvalue weighted by atomic mass is 9.91. The fraction of sp³-hybridized carbons (Fsp3) is 0.906. The molecule has 7 nitrogen and oxygen atoms in total. The second-order valence-corrected chi connectivity index (χ2v) is 11.1. The Labute approximate surface area is 260 Å². The van der Waals surface area contributed by atoms with E-state index in [1.54, 1.807) is 0 Å². The molecule has 8 heteroatoms. The number of likely N-dealkylation sites (N-methyl/N-ethyl adjacent to an activating group) is 1. The molecular weight excluding hydrogens is 530 g/mol. The third-order valence-corrected chi connectivity index (χ3v) is 5.77. The number of halogens is 1. The standard InChI is InChI=1S/C11H24NO2.C8H16O2.C7H14O2.6CH4.ClH/c1-7-11(2,3)10(13)14-9-8-12(4,5)6;1-5-8(3,4)7(9)10-6-2;1-5-7(2,3)6(8)9-4;;;;;;;/h7-9H2,1-6H3;5-6H2,1-4H3;5H2,1-4H3;6*1H4;1H/q+1;;;;;;;;;/p-1. The molecule has 0 aromatic heterocycles. The van der Waals surface area contributed by atoms with Gasteiger partial charge in [0.05, 0.1) is 51.1 Å². The van der Waals surface area contributed by atoms with Crippen molar-refractivity contribution in [3.63, 3.8) is 0 Å². The first-order valence-electron chi connectivity index (χ1n) is 12.0. The smallest absolute Gasteiger partial charge is 0.311 e. The molecule has 0 rings (SSSR count). The van der Waals surface area contributed by atoms with Crippen LogP contribution in [0.15, 0.2) is 0 Å². The number of ether oxygens (including phenoxy) is 3. The van der Waals surface area contributed by atoms with Gasteiger partial charge in [-0.25, -0.2) is 0 Å². The molecule has 0 radical (unpaired) electrons. The van der Waals surface area contributed by atoms with Gasteiger partial charge in [-0.05, 0) is 67.7 Å². The molecule has 0 amide bonds. The first-order chi connectivity index (χ1) is 14.8. The average Bonchev–Trinajstić information content (AvgIpc) is 2.73. The maximum Gasteiger partial charge on any atom is 0.311 e. The minimum atomic E-state index is -0.342. The summed E-state index contributed by atoms with van der Waals surface area (Å²) in [7, 11) is 7.66. The lowest BCUT2D eigenvalue weighted by Gasteiger charge is -2.25. The van der Waals surface area contributed by atoms with Gasteiger partial charge in [-0.3, -0.25) is 14.4 Å². The number of hydrogen-bond acceptors (Lipinski definition) is 6. The summed E-state index contributed by atoms with van der Waals surface area (Å²) in [6.45, 7) is 21.0. The molecule has 0 aromatic carbocycles. The first kappa shape index (κ1) is 66.8. The number of nitrogens with zero attached hydrogens (tertiary/aromatic N) is 1. The molecule has 0 unspecified atom stereocenters. The lowest BCUT2D eigenvalue weighted by molar-refractivity contribution is -0.870. The van der Waals surface area contributed by atoms with Crippen molar-refractivity contribution in [1.29, 1.82) is 0 Å². The number of methoxy groups -OCH3 is 1. The molecular formula is C32H78ClNO6. The molecule has 0 saturated carbocycles. The number of rotatable bonds is 10. The predicted octanol–water partition coefficient (Wildman–Crippen LogP) is 6.07. The minimum Gasteiger partial charge on any atom is -1.00 e. The van der Waals surface area contributed by atoms with Crippen LogP contribution in [0.5, 0.6) is 0 Å². The molecule has 0 aliphatic heterocycles. The van der Waals surface area contributed by atoms with Crippen LogP contribution in [0.1, 0.15) is 133 Å². The molecule has 0 spiro atoms. The van der Waals surface area contributed by atoms with Crippen molar-refractivity contribution in [2.24, 2.45) is 16.2 Å². The highest BCUT2D eigenvalue weighted by Gasteiger charge is 2.28.